The smallest absolute Gasteiger partial charge is 0.194 e. The molecule has 2 rings (SSSR count). The van der Waals surface area contributed by atoms with Crippen LogP contribution >= 0.6 is 0 Å². The lowest BCUT2D eigenvalue weighted by Crippen LogP contribution is -2.08. The third kappa shape index (κ3) is 2.70. The van der Waals surface area contributed by atoms with Gasteiger partial charge in [0.05, 0.1) is 6.20 Å². The Balaban J connectivity index is 2.02. The zero-order valence-corrected chi connectivity index (χ0v) is 9.44. The number of rotatable bonds is 5. The number of aromatic nitrogens is 1. The van der Waals surface area contributed by atoms with Crippen LogP contribution in [0.25, 0.3) is 11.3 Å². The van der Waals surface area contributed by atoms with Gasteiger partial charge in [0, 0.05) is 12.0 Å². The molecule has 0 saturated carbocycles. The fraction of sp³-hybridized carbons (Fsp3) is 0.308. The molecule has 1 heterocycles. The first-order valence-electron chi connectivity index (χ1n) is 5.55. The SMILES string of the molecule is CNCCCc1ncc(-c2ccccc2)o1. The summed E-state index contributed by atoms with van der Waals surface area (Å²) in [4.78, 5) is 4.27. The van der Waals surface area contributed by atoms with Gasteiger partial charge in [-0.05, 0) is 20.0 Å². The second-order valence-electron chi connectivity index (χ2n) is 3.69. The van der Waals surface area contributed by atoms with Crippen LogP contribution in [0.3, 0.4) is 0 Å². The molecule has 0 aliphatic heterocycles. The van der Waals surface area contributed by atoms with E-state index >= 15 is 0 Å². The van der Waals surface area contributed by atoms with Gasteiger partial charge < -0.3 is 9.73 Å². The highest BCUT2D eigenvalue weighted by Gasteiger charge is 2.04. The summed E-state index contributed by atoms with van der Waals surface area (Å²) in [6.45, 7) is 0.989. The lowest BCUT2D eigenvalue weighted by Gasteiger charge is -1.96. The second kappa shape index (κ2) is 5.47. The number of nitrogens with zero attached hydrogens (tertiary/aromatic N) is 1. The van der Waals surface area contributed by atoms with E-state index in [9.17, 15) is 0 Å². The van der Waals surface area contributed by atoms with E-state index in [-0.39, 0.29) is 0 Å². The first-order valence-corrected chi connectivity index (χ1v) is 5.55. The molecular weight excluding hydrogens is 200 g/mol. The molecule has 1 N–H and O–H groups in total. The third-order valence-corrected chi connectivity index (χ3v) is 2.43. The number of aryl methyl sites for hydroxylation is 1. The minimum atomic E-state index is 0.814. The summed E-state index contributed by atoms with van der Waals surface area (Å²) in [5.74, 6) is 1.66. The van der Waals surface area contributed by atoms with Crippen LogP contribution < -0.4 is 5.32 Å². The van der Waals surface area contributed by atoms with Crippen molar-refractivity contribution in [1.29, 1.82) is 0 Å². The van der Waals surface area contributed by atoms with Crippen LogP contribution in [0.2, 0.25) is 0 Å². The number of oxazole rings is 1. The van der Waals surface area contributed by atoms with E-state index in [0.29, 0.717) is 0 Å². The van der Waals surface area contributed by atoms with Gasteiger partial charge >= 0.3 is 0 Å². The molecule has 3 heteroatoms. The first kappa shape index (κ1) is 10.9. The highest BCUT2D eigenvalue weighted by atomic mass is 16.4. The molecular formula is C13H16N2O. The maximum Gasteiger partial charge on any atom is 0.194 e. The molecule has 0 atom stereocenters. The van der Waals surface area contributed by atoms with E-state index in [0.717, 1.165) is 36.6 Å². The average molecular weight is 216 g/mol. The Morgan fingerprint density at radius 2 is 2.06 bits per heavy atom. The molecule has 84 valence electrons. The van der Waals surface area contributed by atoms with Gasteiger partial charge in [-0.2, -0.15) is 0 Å². The Morgan fingerprint density at radius 3 is 2.81 bits per heavy atom. The van der Waals surface area contributed by atoms with Gasteiger partial charge in [-0.15, -0.1) is 0 Å². The van der Waals surface area contributed by atoms with E-state index < -0.39 is 0 Å². The van der Waals surface area contributed by atoms with Gasteiger partial charge in [-0.1, -0.05) is 30.3 Å². The maximum atomic E-state index is 5.68. The molecule has 1 aromatic carbocycles. The largest absolute Gasteiger partial charge is 0.441 e. The van der Waals surface area contributed by atoms with Crippen molar-refractivity contribution in [3.63, 3.8) is 0 Å². The number of hydrogen-bond donors (Lipinski definition) is 1. The Labute approximate surface area is 95.5 Å². The van der Waals surface area contributed by atoms with Crippen LogP contribution in [0, 0.1) is 0 Å². The minimum Gasteiger partial charge on any atom is -0.441 e. The predicted octanol–water partition coefficient (Wildman–Crippen LogP) is 2.49. The van der Waals surface area contributed by atoms with E-state index in [1.54, 1.807) is 6.20 Å². The van der Waals surface area contributed by atoms with Crippen molar-refractivity contribution in [1.82, 2.24) is 10.3 Å². The molecule has 2 aromatic rings. The van der Waals surface area contributed by atoms with Crippen molar-refractivity contribution in [3.8, 4) is 11.3 Å². The fourth-order valence-electron chi connectivity index (χ4n) is 1.58. The molecule has 1 aromatic heterocycles. The molecule has 3 nitrogen and oxygen atoms in total. The molecule has 0 bridgehead atoms. The lowest BCUT2D eigenvalue weighted by molar-refractivity contribution is 0.495. The maximum absolute atomic E-state index is 5.68. The van der Waals surface area contributed by atoms with Crippen molar-refractivity contribution in [2.45, 2.75) is 12.8 Å². The van der Waals surface area contributed by atoms with Gasteiger partial charge in [0.25, 0.3) is 0 Å². The second-order valence-corrected chi connectivity index (χ2v) is 3.69. The zero-order chi connectivity index (χ0) is 11.2. The van der Waals surface area contributed by atoms with Crippen molar-refractivity contribution in [2.75, 3.05) is 13.6 Å². The molecule has 0 aliphatic carbocycles. The van der Waals surface area contributed by atoms with Crippen LogP contribution in [0.1, 0.15) is 12.3 Å². The molecule has 0 fully saturated rings. The van der Waals surface area contributed by atoms with E-state index in [1.165, 1.54) is 0 Å². The molecule has 16 heavy (non-hydrogen) atoms. The van der Waals surface area contributed by atoms with Gasteiger partial charge in [0.15, 0.2) is 11.7 Å². The van der Waals surface area contributed by atoms with Gasteiger partial charge in [0.2, 0.25) is 0 Å². The van der Waals surface area contributed by atoms with Crippen molar-refractivity contribution in [3.05, 3.63) is 42.4 Å². The van der Waals surface area contributed by atoms with Gasteiger partial charge in [-0.3, -0.25) is 0 Å². The van der Waals surface area contributed by atoms with Gasteiger partial charge in [0.1, 0.15) is 0 Å². The standard InChI is InChI=1S/C13H16N2O/c1-14-9-5-8-13-15-10-12(16-13)11-6-3-2-4-7-11/h2-4,6-7,10,14H,5,8-9H2,1H3. The molecule has 0 amide bonds. The fourth-order valence-corrected chi connectivity index (χ4v) is 1.58. The molecule has 0 aliphatic rings. The summed E-state index contributed by atoms with van der Waals surface area (Å²) in [7, 11) is 1.95. The highest BCUT2D eigenvalue weighted by Crippen LogP contribution is 2.19. The summed E-state index contributed by atoms with van der Waals surface area (Å²) in [6.07, 6.45) is 3.73. The Hall–Kier alpha value is -1.61. The molecule has 0 unspecified atom stereocenters. The number of hydrogen-bond acceptors (Lipinski definition) is 3. The van der Waals surface area contributed by atoms with Crippen LogP contribution in [0.5, 0.6) is 0 Å². The van der Waals surface area contributed by atoms with Crippen LogP contribution in [0.15, 0.2) is 40.9 Å². The molecule has 0 saturated heterocycles. The highest BCUT2D eigenvalue weighted by molar-refractivity contribution is 5.55. The molecule has 0 radical (unpaired) electrons. The normalized spacial score (nSPS) is 10.6. The third-order valence-electron chi connectivity index (χ3n) is 2.43. The summed E-state index contributed by atoms with van der Waals surface area (Å²) >= 11 is 0. The molecule has 0 spiro atoms. The van der Waals surface area contributed by atoms with Crippen LogP contribution in [-0.4, -0.2) is 18.6 Å². The monoisotopic (exact) mass is 216 g/mol. The van der Waals surface area contributed by atoms with E-state index in [2.05, 4.69) is 10.3 Å². The van der Waals surface area contributed by atoms with E-state index in [1.807, 2.05) is 37.4 Å². The Morgan fingerprint density at radius 1 is 1.25 bits per heavy atom. The summed E-state index contributed by atoms with van der Waals surface area (Å²) in [5, 5.41) is 3.11. The first-order chi connectivity index (χ1) is 7.90. The quantitative estimate of drug-likeness (QED) is 0.780. The predicted molar refractivity (Wildman–Crippen MR) is 64.2 cm³/mol. The lowest BCUT2D eigenvalue weighted by atomic mass is 10.2. The Kier molecular flexibility index (Phi) is 3.72. The zero-order valence-electron chi connectivity index (χ0n) is 9.44. The Bertz CT molecular complexity index is 423. The number of benzene rings is 1. The van der Waals surface area contributed by atoms with Crippen molar-refractivity contribution >= 4 is 0 Å². The number of nitrogens with one attached hydrogen (secondary N) is 1. The van der Waals surface area contributed by atoms with Crippen LogP contribution in [0.4, 0.5) is 0 Å². The summed E-state index contributed by atoms with van der Waals surface area (Å²) < 4.78 is 5.68. The average Bonchev–Trinajstić information content (AvgIpc) is 2.79. The summed E-state index contributed by atoms with van der Waals surface area (Å²) in [6, 6.07) is 10.0. The van der Waals surface area contributed by atoms with E-state index in [4.69, 9.17) is 4.42 Å². The van der Waals surface area contributed by atoms with Crippen LogP contribution in [-0.2, 0) is 6.42 Å². The van der Waals surface area contributed by atoms with Gasteiger partial charge in [-0.25, -0.2) is 4.98 Å². The minimum absolute atomic E-state index is 0.814. The summed E-state index contributed by atoms with van der Waals surface area (Å²) in [5.41, 5.74) is 1.08. The topological polar surface area (TPSA) is 38.1 Å². The van der Waals surface area contributed by atoms with Crippen molar-refractivity contribution < 1.29 is 4.42 Å². The van der Waals surface area contributed by atoms with Crippen molar-refractivity contribution in [2.24, 2.45) is 0 Å².